The van der Waals surface area contributed by atoms with Gasteiger partial charge in [-0.25, -0.2) is 8.42 Å². The molecule has 0 aliphatic heterocycles. The summed E-state index contributed by atoms with van der Waals surface area (Å²) in [6, 6.07) is 16.5. The van der Waals surface area contributed by atoms with Gasteiger partial charge in [-0.2, -0.15) is 5.90 Å². The molecule has 0 fully saturated rings. The fraction of sp³-hybridized carbons (Fsp3) is 0.111. The van der Waals surface area contributed by atoms with Crippen molar-refractivity contribution in [3.05, 3.63) is 66.9 Å². The van der Waals surface area contributed by atoms with E-state index in [1.165, 1.54) is 17.6 Å². The van der Waals surface area contributed by atoms with Crippen LogP contribution in [0.3, 0.4) is 0 Å². The first-order valence-corrected chi connectivity index (χ1v) is 10.1. The second-order valence-corrected chi connectivity index (χ2v) is 8.10. The highest BCUT2D eigenvalue weighted by atomic mass is 32.2. The minimum atomic E-state index is -3.58. The summed E-state index contributed by atoms with van der Waals surface area (Å²) < 4.78 is 28.9. The summed E-state index contributed by atoms with van der Waals surface area (Å²) in [5.74, 6) is 4.55. The zero-order valence-electron chi connectivity index (χ0n) is 14.5. The van der Waals surface area contributed by atoms with E-state index in [0.717, 1.165) is 15.8 Å². The van der Waals surface area contributed by atoms with Crippen LogP contribution in [-0.4, -0.2) is 15.5 Å². The molecule has 0 saturated carbocycles. The highest BCUT2D eigenvalue weighted by molar-refractivity contribution is 7.94. The lowest BCUT2D eigenvalue weighted by atomic mass is 10.3. The summed E-state index contributed by atoms with van der Waals surface area (Å²) in [4.78, 5) is 4.01. The Labute approximate surface area is 157 Å². The Bertz CT molecular complexity index is 949. The summed E-state index contributed by atoms with van der Waals surface area (Å²) in [7, 11) is -1.82. The highest BCUT2D eigenvalue weighted by Crippen LogP contribution is 2.31. The van der Waals surface area contributed by atoms with E-state index in [4.69, 9.17) is 0 Å². The maximum absolute atomic E-state index is 12.5. The first-order valence-electron chi connectivity index (χ1n) is 7.76. The van der Waals surface area contributed by atoms with Gasteiger partial charge in [-0.3, -0.25) is 4.72 Å². The van der Waals surface area contributed by atoms with Gasteiger partial charge in [0.15, 0.2) is 0 Å². The number of hydrogen-bond acceptors (Lipinski definition) is 6. The van der Waals surface area contributed by atoms with Gasteiger partial charge in [-0.15, -0.1) is 11.3 Å². The third kappa shape index (κ3) is 4.98. The first-order chi connectivity index (χ1) is 12.5. The number of fused-ring (bicyclic) bond motifs is 1. The lowest BCUT2D eigenvalue weighted by Gasteiger charge is -2.10. The molecule has 4 N–H and O–H groups in total. The molecule has 8 heteroatoms. The lowest BCUT2D eigenvalue weighted by molar-refractivity contribution is 0.260. The molecule has 1 heterocycles. The topological polar surface area (TPSA) is 93.4 Å². The average molecular weight is 392 g/mol. The number of hydrogen-bond donors (Lipinski definition) is 3. The van der Waals surface area contributed by atoms with Crippen LogP contribution >= 0.6 is 11.3 Å². The van der Waals surface area contributed by atoms with Crippen LogP contribution in [0.2, 0.25) is 0 Å². The van der Waals surface area contributed by atoms with Gasteiger partial charge in [0.05, 0.1) is 11.4 Å². The normalized spacial score (nSPS) is 11.0. The SMILES string of the molecule is C/C=C\ON.CNc1ccccc1NS(=O)(=O)c1cc2ccccc2s1. The van der Waals surface area contributed by atoms with Crippen molar-refractivity contribution in [1.29, 1.82) is 0 Å². The van der Waals surface area contributed by atoms with E-state index in [1.54, 1.807) is 31.3 Å². The van der Waals surface area contributed by atoms with E-state index < -0.39 is 10.0 Å². The predicted octanol–water partition coefficient (Wildman–Crippen LogP) is 4.15. The van der Waals surface area contributed by atoms with Gasteiger partial charge in [0.1, 0.15) is 10.5 Å². The summed E-state index contributed by atoms with van der Waals surface area (Å²) in [6.07, 6.45) is 3.11. The van der Waals surface area contributed by atoms with Gasteiger partial charge in [0.2, 0.25) is 0 Å². The van der Waals surface area contributed by atoms with Gasteiger partial charge >= 0.3 is 0 Å². The van der Waals surface area contributed by atoms with Crippen molar-refractivity contribution in [3.63, 3.8) is 0 Å². The molecule has 0 unspecified atom stereocenters. The van der Waals surface area contributed by atoms with Gasteiger partial charge in [0.25, 0.3) is 10.0 Å². The molecule has 6 nitrogen and oxygen atoms in total. The molecule has 0 aliphatic carbocycles. The van der Waals surface area contributed by atoms with Crippen molar-refractivity contribution in [2.24, 2.45) is 5.90 Å². The zero-order valence-corrected chi connectivity index (χ0v) is 16.1. The first kappa shape index (κ1) is 19.8. The number of rotatable bonds is 5. The molecular weight excluding hydrogens is 370 g/mol. The smallest absolute Gasteiger partial charge is 0.271 e. The molecule has 0 aliphatic rings. The van der Waals surface area contributed by atoms with E-state index in [0.29, 0.717) is 9.90 Å². The fourth-order valence-electron chi connectivity index (χ4n) is 2.15. The van der Waals surface area contributed by atoms with Gasteiger partial charge in [-0.1, -0.05) is 36.4 Å². The molecule has 0 radical (unpaired) electrons. The predicted molar refractivity (Wildman–Crippen MR) is 109 cm³/mol. The molecule has 0 amide bonds. The van der Waals surface area contributed by atoms with Gasteiger partial charge in [0, 0.05) is 11.7 Å². The number of nitrogens with two attached hydrogens (primary N) is 1. The van der Waals surface area contributed by atoms with Crippen LogP contribution < -0.4 is 15.9 Å². The summed E-state index contributed by atoms with van der Waals surface area (Å²) >= 11 is 1.27. The molecule has 0 saturated heterocycles. The van der Waals surface area contributed by atoms with Crippen LogP contribution in [0.5, 0.6) is 0 Å². The van der Waals surface area contributed by atoms with Crippen LogP contribution in [0.1, 0.15) is 6.92 Å². The number of benzene rings is 2. The molecule has 1 aromatic heterocycles. The molecule has 26 heavy (non-hydrogen) atoms. The van der Waals surface area contributed by atoms with E-state index in [-0.39, 0.29) is 0 Å². The van der Waals surface area contributed by atoms with Crippen molar-refractivity contribution < 1.29 is 13.3 Å². The Morgan fingerprint density at radius 3 is 2.31 bits per heavy atom. The average Bonchev–Trinajstić information content (AvgIpc) is 3.08. The monoisotopic (exact) mass is 391 g/mol. The van der Waals surface area contributed by atoms with E-state index in [2.05, 4.69) is 20.8 Å². The van der Waals surface area contributed by atoms with Gasteiger partial charge < -0.3 is 10.2 Å². The molecular formula is C18H21N3O3S2. The number of allylic oxidation sites excluding steroid dienone is 1. The van der Waals surface area contributed by atoms with E-state index in [9.17, 15) is 8.42 Å². The number of sulfonamides is 1. The molecule has 3 aromatic rings. The molecule has 3 rings (SSSR count). The minimum Gasteiger partial charge on any atom is -0.420 e. The van der Waals surface area contributed by atoms with Crippen LogP contribution in [0.15, 0.2) is 71.1 Å². The Kier molecular flexibility index (Phi) is 7.02. The Morgan fingerprint density at radius 1 is 1.08 bits per heavy atom. The van der Waals surface area contributed by atoms with Crippen molar-refractivity contribution in [1.82, 2.24) is 0 Å². The van der Waals surface area contributed by atoms with Crippen LogP contribution in [0.4, 0.5) is 11.4 Å². The maximum Gasteiger partial charge on any atom is 0.271 e. The second-order valence-electron chi connectivity index (χ2n) is 5.11. The van der Waals surface area contributed by atoms with Crippen molar-refractivity contribution in [2.75, 3.05) is 17.1 Å². The lowest BCUT2D eigenvalue weighted by Crippen LogP contribution is -2.12. The highest BCUT2D eigenvalue weighted by Gasteiger charge is 2.18. The fourth-order valence-corrected chi connectivity index (χ4v) is 4.63. The minimum absolute atomic E-state index is 0.314. The maximum atomic E-state index is 12.5. The van der Waals surface area contributed by atoms with E-state index >= 15 is 0 Å². The zero-order chi connectivity index (χ0) is 19.0. The van der Waals surface area contributed by atoms with Crippen LogP contribution in [-0.2, 0) is 14.9 Å². The molecule has 0 bridgehead atoms. The number of para-hydroxylation sites is 2. The van der Waals surface area contributed by atoms with E-state index in [1.807, 2.05) is 43.3 Å². The summed E-state index contributed by atoms with van der Waals surface area (Å²) in [6.45, 7) is 1.83. The van der Waals surface area contributed by atoms with Crippen molar-refractivity contribution in [3.8, 4) is 0 Å². The van der Waals surface area contributed by atoms with Crippen LogP contribution in [0.25, 0.3) is 10.1 Å². The van der Waals surface area contributed by atoms with Crippen molar-refractivity contribution in [2.45, 2.75) is 11.1 Å². The van der Waals surface area contributed by atoms with Crippen molar-refractivity contribution >= 4 is 42.8 Å². The van der Waals surface area contributed by atoms with Crippen LogP contribution in [0, 0.1) is 0 Å². The Hall–Kier alpha value is -2.55. The number of anilines is 2. The number of nitrogens with one attached hydrogen (secondary N) is 2. The second kappa shape index (κ2) is 9.23. The largest absolute Gasteiger partial charge is 0.420 e. The quantitative estimate of drug-likeness (QED) is 0.449. The molecule has 2 aromatic carbocycles. The Balaban J connectivity index is 0.000000431. The molecule has 138 valence electrons. The third-order valence-corrected chi connectivity index (χ3v) is 6.28. The van der Waals surface area contributed by atoms with Gasteiger partial charge in [-0.05, 0) is 36.6 Å². The summed E-state index contributed by atoms with van der Waals surface area (Å²) in [5, 5.41) is 3.91. The summed E-state index contributed by atoms with van der Waals surface area (Å²) in [5.41, 5.74) is 1.28. The Morgan fingerprint density at radius 2 is 1.73 bits per heavy atom. The molecule has 0 spiro atoms. The number of thiophene rings is 1. The molecule has 0 atom stereocenters. The standard InChI is InChI=1S/C15H14N2O2S2.C3H7NO/c1-16-12-7-3-4-8-13(12)17-21(18,19)15-10-11-6-2-5-9-14(11)20-15;1-2-3-5-4/h2-10,16-17H,1H3;2-3H,4H2,1H3/b;3-2-. The third-order valence-electron chi connectivity index (χ3n) is 3.32.